The fourth-order valence-corrected chi connectivity index (χ4v) is 2.32. The number of benzene rings is 1. The topological polar surface area (TPSA) is 55.4 Å². The quantitative estimate of drug-likeness (QED) is 0.378. The van der Waals surface area contributed by atoms with Crippen molar-refractivity contribution in [1.29, 1.82) is 0 Å². The van der Waals surface area contributed by atoms with Gasteiger partial charge in [-0.1, -0.05) is 32.1 Å². The molecule has 0 unspecified atom stereocenters. The average molecular weight is 379 g/mol. The lowest BCUT2D eigenvalue weighted by Crippen LogP contribution is -2.42. The lowest BCUT2D eigenvalue weighted by molar-refractivity contribution is -0.146. The van der Waals surface area contributed by atoms with Crippen molar-refractivity contribution in [2.75, 3.05) is 6.61 Å². The van der Waals surface area contributed by atoms with Crippen molar-refractivity contribution in [3.05, 3.63) is 59.7 Å². The number of allylic oxidation sites excluding steroid dienone is 2. The van der Waals surface area contributed by atoms with Gasteiger partial charge < -0.3 is 10.1 Å². The summed E-state index contributed by atoms with van der Waals surface area (Å²) in [4.78, 5) is 24.4. The zero-order valence-corrected chi connectivity index (χ0v) is 16.0. The molecule has 0 heterocycles. The summed E-state index contributed by atoms with van der Waals surface area (Å²) in [6.07, 6.45) is 8.08. The van der Waals surface area contributed by atoms with E-state index in [0.717, 1.165) is 31.0 Å². The van der Waals surface area contributed by atoms with Crippen LogP contribution in [0.4, 0.5) is 8.78 Å². The van der Waals surface area contributed by atoms with E-state index in [1.807, 2.05) is 0 Å². The molecule has 1 N–H and O–H groups in total. The Morgan fingerprint density at radius 2 is 1.81 bits per heavy atom. The van der Waals surface area contributed by atoms with Gasteiger partial charge in [0.15, 0.2) is 0 Å². The first-order chi connectivity index (χ1) is 12.8. The van der Waals surface area contributed by atoms with E-state index in [2.05, 4.69) is 19.2 Å². The first-order valence-electron chi connectivity index (χ1n) is 9.01. The van der Waals surface area contributed by atoms with Crippen LogP contribution in [0.15, 0.2) is 42.5 Å². The smallest absolute Gasteiger partial charge is 0.329 e. The van der Waals surface area contributed by atoms with Crippen LogP contribution in [0, 0.1) is 17.6 Å². The Bertz CT molecular complexity index is 664. The summed E-state index contributed by atoms with van der Waals surface area (Å²) in [5.74, 6) is -2.09. The molecule has 0 saturated heterocycles. The second kappa shape index (κ2) is 12.0. The molecule has 0 aliphatic carbocycles. The minimum atomic E-state index is -1.04. The number of carbonyl (C=O) groups excluding carboxylic acids is 2. The van der Waals surface area contributed by atoms with Crippen molar-refractivity contribution in [3.63, 3.8) is 0 Å². The molecule has 6 heteroatoms. The van der Waals surface area contributed by atoms with Gasteiger partial charge in [-0.05, 0) is 49.5 Å². The standard InChI is InChI=1S/C21H27F2NO3/c1-4-5-10-27-21(26)19(13-16-11-17(22)14-18(23)12-16)24-20(25)9-7-6-8-15(2)3/h4-5,7,9,11-12,14-15,19H,6,8,10,13H2,1-3H3,(H,24,25)/b5-4-,9-7+/t19-/m0/s1. The normalized spacial score (nSPS) is 12.7. The highest BCUT2D eigenvalue weighted by molar-refractivity contribution is 5.91. The first-order valence-corrected chi connectivity index (χ1v) is 9.01. The molecule has 1 aromatic carbocycles. The van der Waals surface area contributed by atoms with Gasteiger partial charge in [0.05, 0.1) is 0 Å². The summed E-state index contributed by atoms with van der Waals surface area (Å²) in [7, 11) is 0. The van der Waals surface area contributed by atoms with Gasteiger partial charge in [0.1, 0.15) is 24.3 Å². The highest BCUT2D eigenvalue weighted by Gasteiger charge is 2.22. The largest absolute Gasteiger partial charge is 0.460 e. The van der Waals surface area contributed by atoms with E-state index in [0.29, 0.717) is 5.92 Å². The molecule has 148 valence electrons. The van der Waals surface area contributed by atoms with Crippen molar-refractivity contribution in [2.45, 2.75) is 46.1 Å². The molecule has 0 fully saturated rings. The second-order valence-electron chi connectivity index (χ2n) is 6.62. The number of carbonyl (C=O) groups is 2. The second-order valence-corrected chi connectivity index (χ2v) is 6.62. The maximum Gasteiger partial charge on any atom is 0.329 e. The molecule has 1 amide bonds. The molecule has 1 rings (SSSR count). The van der Waals surface area contributed by atoms with Gasteiger partial charge in [-0.25, -0.2) is 13.6 Å². The number of hydrogen-bond donors (Lipinski definition) is 1. The fraction of sp³-hybridized carbons (Fsp3) is 0.429. The first kappa shape index (κ1) is 22.5. The summed E-state index contributed by atoms with van der Waals surface area (Å²) in [5, 5.41) is 2.55. The van der Waals surface area contributed by atoms with Crippen molar-refractivity contribution in [2.24, 2.45) is 5.92 Å². The van der Waals surface area contributed by atoms with Crippen molar-refractivity contribution < 1.29 is 23.1 Å². The molecule has 0 spiro atoms. The Balaban J connectivity index is 2.80. The van der Waals surface area contributed by atoms with Gasteiger partial charge in [-0.15, -0.1) is 0 Å². The molecule has 27 heavy (non-hydrogen) atoms. The maximum atomic E-state index is 13.4. The Labute approximate surface area is 159 Å². The number of halogens is 2. The van der Waals surface area contributed by atoms with Gasteiger partial charge in [0, 0.05) is 12.5 Å². The molecule has 4 nitrogen and oxygen atoms in total. The molecule has 1 aromatic rings. The Hall–Kier alpha value is -2.50. The lowest BCUT2D eigenvalue weighted by atomic mass is 10.1. The van der Waals surface area contributed by atoms with Crippen LogP contribution in [0.2, 0.25) is 0 Å². The molecule has 0 radical (unpaired) electrons. The van der Waals surface area contributed by atoms with E-state index in [9.17, 15) is 18.4 Å². The van der Waals surface area contributed by atoms with Crippen molar-refractivity contribution >= 4 is 11.9 Å². The fourth-order valence-electron chi connectivity index (χ4n) is 2.32. The Kier molecular flexibility index (Phi) is 10.0. The van der Waals surface area contributed by atoms with E-state index < -0.39 is 29.6 Å². The molecule has 1 atom stereocenters. The minimum absolute atomic E-state index is 0.0590. The predicted molar refractivity (Wildman–Crippen MR) is 101 cm³/mol. The van der Waals surface area contributed by atoms with Crippen molar-refractivity contribution in [3.8, 4) is 0 Å². The molecular formula is C21H27F2NO3. The number of amides is 1. The molecular weight excluding hydrogens is 352 g/mol. The van der Waals surface area contributed by atoms with Crippen LogP contribution >= 0.6 is 0 Å². The summed E-state index contributed by atoms with van der Waals surface area (Å²) >= 11 is 0. The van der Waals surface area contributed by atoms with Crippen LogP contribution in [-0.4, -0.2) is 24.5 Å². The molecule has 0 bridgehead atoms. The maximum absolute atomic E-state index is 13.4. The van der Waals surface area contributed by atoms with Gasteiger partial charge >= 0.3 is 5.97 Å². The van der Waals surface area contributed by atoms with E-state index in [1.165, 1.54) is 6.08 Å². The van der Waals surface area contributed by atoms with Gasteiger partial charge in [0.2, 0.25) is 5.91 Å². The average Bonchev–Trinajstić information content (AvgIpc) is 2.57. The number of nitrogens with one attached hydrogen (secondary N) is 1. The summed E-state index contributed by atoms with van der Waals surface area (Å²) in [5.41, 5.74) is 0.254. The summed E-state index contributed by atoms with van der Waals surface area (Å²) < 4.78 is 31.9. The Morgan fingerprint density at radius 3 is 2.41 bits per heavy atom. The number of rotatable bonds is 10. The summed E-state index contributed by atoms with van der Waals surface area (Å²) in [6, 6.07) is 1.96. The lowest BCUT2D eigenvalue weighted by Gasteiger charge is -2.17. The predicted octanol–water partition coefficient (Wildman–Crippen LogP) is 4.10. The number of hydrogen-bond acceptors (Lipinski definition) is 3. The van der Waals surface area contributed by atoms with Crippen LogP contribution in [0.25, 0.3) is 0 Å². The van der Waals surface area contributed by atoms with Gasteiger partial charge in [-0.2, -0.15) is 0 Å². The van der Waals surface area contributed by atoms with E-state index in [4.69, 9.17) is 4.74 Å². The molecule has 0 saturated carbocycles. The van der Waals surface area contributed by atoms with Crippen molar-refractivity contribution in [1.82, 2.24) is 5.32 Å². The van der Waals surface area contributed by atoms with E-state index >= 15 is 0 Å². The third kappa shape index (κ3) is 9.68. The molecule has 0 aliphatic rings. The molecule has 0 aromatic heterocycles. The summed E-state index contributed by atoms with van der Waals surface area (Å²) in [6.45, 7) is 6.01. The highest BCUT2D eigenvalue weighted by atomic mass is 19.1. The van der Waals surface area contributed by atoms with Crippen LogP contribution in [0.1, 0.15) is 39.2 Å². The van der Waals surface area contributed by atoms with Crippen LogP contribution < -0.4 is 5.32 Å². The van der Waals surface area contributed by atoms with Crippen LogP contribution in [0.5, 0.6) is 0 Å². The highest BCUT2D eigenvalue weighted by Crippen LogP contribution is 2.11. The van der Waals surface area contributed by atoms with Gasteiger partial charge in [-0.3, -0.25) is 4.79 Å². The third-order valence-electron chi connectivity index (χ3n) is 3.70. The zero-order chi connectivity index (χ0) is 20.2. The van der Waals surface area contributed by atoms with E-state index in [1.54, 1.807) is 25.2 Å². The number of ether oxygens (including phenoxy) is 1. The van der Waals surface area contributed by atoms with Crippen LogP contribution in [-0.2, 0) is 20.7 Å². The monoisotopic (exact) mass is 379 g/mol. The molecule has 0 aliphatic heterocycles. The van der Waals surface area contributed by atoms with Gasteiger partial charge in [0.25, 0.3) is 0 Å². The minimum Gasteiger partial charge on any atom is -0.460 e. The third-order valence-corrected chi connectivity index (χ3v) is 3.70. The SMILES string of the molecule is C/C=C\COC(=O)[C@H](Cc1cc(F)cc(F)c1)NC(=O)/C=C/CCC(C)C. The number of esters is 1. The Morgan fingerprint density at radius 1 is 1.15 bits per heavy atom. The van der Waals surface area contributed by atoms with E-state index in [-0.39, 0.29) is 18.6 Å². The van der Waals surface area contributed by atoms with Crippen LogP contribution in [0.3, 0.4) is 0 Å². The zero-order valence-electron chi connectivity index (χ0n) is 16.0.